The second-order valence-electron chi connectivity index (χ2n) is 4.13. The first kappa shape index (κ1) is 13.4. The standard InChI is InChI=1S/C11H14BNO4S/c1-6(13)18-9-5-7-3-2-4-8(11(14)15)10(7)17-12(9)16/h2-4,9,11,13-16H,5H2,1H3. The monoisotopic (exact) mass is 267 g/mol. The molecule has 0 aliphatic carbocycles. The first-order valence-corrected chi connectivity index (χ1v) is 6.41. The van der Waals surface area contributed by atoms with E-state index in [1.54, 1.807) is 19.1 Å². The molecule has 5 nitrogen and oxygen atoms in total. The number of fused-ring (bicyclic) bond motifs is 1. The number of thioether (sulfide) groups is 1. The Morgan fingerprint density at radius 2 is 2.28 bits per heavy atom. The second kappa shape index (κ2) is 5.32. The Bertz CT molecular complexity index is 468. The number of aliphatic hydroxyl groups is 2. The van der Waals surface area contributed by atoms with Gasteiger partial charge in [-0.3, -0.25) is 5.41 Å². The summed E-state index contributed by atoms with van der Waals surface area (Å²) in [5, 5.41) is 35.9. The van der Waals surface area contributed by atoms with Crippen LogP contribution in [0.2, 0.25) is 0 Å². The fourth-order valence-electron chi connectivity index (χ4n) is 1.95. The molecule has 0 saturated heterocycles. The fraction of sp³-hybridized carbons (Fsp3) is 0.364. The van der Waals surface area contributed by atoms with Gasteiger partial charge < -0.3 is 19.9 Å². The van der Waals surface area contributed by atoms with Crippen LogP contribution in [0.3, 0.4) is 0 Å². The second-order valence-corrected chi connectivity index (χ2v) is 5.59. The van der Waals surface area contributed by atoms with Gasteiger partial charge in [-0.25, -0.2) is 0 Å². The van der Waals surface area contributed by atoms with Gasteiger partial charge in [0.15, 0.2) is 6.29 Å². The number of aliphatic hydroxyl groups excluding tert-OH is 1. The molecule has 0 spiro atoms. The summed E-state index contributed by atoms with van der Waals surface area (Å²) in [6.45, 7) is 1.65. The summed E-state index contributed by atoms with van der Waals surface area (Å²) in [7, 11) is -1.05. The molecule has 0 aromatic heterocycles. The summed E-state index contributed by atoms with van der Waals surface area (Å²) >= 11 is 1.24. The molecule has 18 heavy (non-hydrogen) atoms. The Kier molecular flexibility index (Phi) is 3.96. The average molecular weight is 267 g/mol. The molecule has 96 valence electrons. The zero-order valence-electron chi connectivity index (χ0n) is 9.83. The van der Waals surface area contributed by atoms with Crippen LogP contribution in [-0.4, -0.2) is 32.5 Å². The van der Waals surface area contributed by atoms with Crippen LogP contribution in [-0.2, 0) is 6.42 Å². The van der Waals surface area contributed by atoms with Gasteiger partial charge in [-0.2, -0.15) is 0 Å². The van der Waals surface area contributed by atoms with E-state index < -0.39 is 13.4 Å². The van der Waals surface area contributed by atoms with Crippen molar-refractivity contribution in [1.82, 2.24) is 0 Å². The number of nitrogens with one attached hydrogen (secondary N) is 1. The summed E-state index contributed by atoms with van der Waals surface area (Å²) in [4.78, 5) is 0. The fourth-order valence-corrected chi connectivity index (χ4v) is 2.84. The van der Waals surface area contributed by atoms with Crippen LogP contribution < -0.4 is 4.65 Å². The van der Waals surface area contributed by atoms with Gasteiger partial charge in [-0.1, -0.05) is 18.2 Å². The van der Waals surface area contributed by atoms with E-state index in [1.807, 2.05) is 6.07 Å². The molecule has 0 radical (unpaired) electrons. The summed E-state index contributed by atoms with van der Waals surface area (Å²) in [5.74, 6) is 0.333. The molecule has 2 rings (SSSR count). The minimum Gasteiger partial charge on any atom is -0.535 e. The number of hydrogen-bond acceptors (Lipinski definition) is 6. The molecule has 1 aromatic carbocycles. The molecule has 0 amide bonds. The van der Waals surface area contributed by atoms with Crippen molar-refractivity contribution in [3.05, 3.63) is 29.3 Å². The van der Waals surface area contributed by atoms with Crippen molar-refractivity contribution in [2.45, 2.75) is 24.8 Å². The van der Waals surface area contributed by atoms with E-state index in [4.69, 9.17) is 10.1 Å². The molecule has 1 aliphatic heterocycles. The Labute approximate surface area is 109 Å². The third kappa shape index (κ3) is 2.69. The van der Waals surface area contributed by atoms with Crippen molar-refractivity contribution in [1.29, 1.82) is 5.41 Å². The van der Waals surface area contributed by atoms with Crippen LogP contribution in [0.4, 0.5) is 0 Å². The first-order valence-electron chi connectivity index (χ1n) is 5.53. The Balaban J connectivity index is 2.30. The number of rotatable bonds is 2. The maximum absolute atomic E-state index is 9.87. The molecule has 7 heteroatoms. The maximum atomic E-state index is 9.87. The average Bonchev–Trinajstić information content (AvgIpc) is 2.28. The summed E-state index contributed by atoms with van der Waals surface area (Å²) < 4.78 is 5.36. The van der Waals surface area contributed by atoms with Crippen molar-refractivity contribution >= 4 is 23.9 Å². The zero-order chi connectivity index (χ0) is 13.3. The first-order chi connectivity index (χ1) is 8.49. The highest BCUT2D eigenvalue weighted by atomic mass is 32.2. The lowest BCUT2D eigenvalue weighted by Crippen LogP contribution is -2.41. The largest absolute Gasteiger partial charge is 0.537 e. The molecule has 1 aliphatic rings. The predicted octanol–water partition coefficient (Wildman–Crippen LogP) is 0.723. The summed E-state index contributed by atoms with van der Waals surface area (Å²) in [6.07, 6.45) is -1.10. The lowest BCUT2D eigenvalue weighted by atomic mass is 9.77. The quantitative estimate of drug-likeness (QED) is 0.274. The number of benzene rings is 1. The van der Waals surface area contributed by atoms with Gasteiger partial charge in [0.05, 0.1) is 10.2 Å². The highest BCUT2D eigenvalue weighted by molar-refractivity contribution is 8.15. The van der Waals surface area contributed by atoms with Gasteiger partial charge in [-0.15, -0.1) is 11.8 Å². The predicted molar refractivity (Wildman–Crippen MR) is 70.7 cm³/mol. The SMILES string of the molecule is CC(=N)SC1Cc2cccc(C(O)O)c2OB1O. The van der Waals surface area contributed by atoms with Gasteiger partial charge in [0, 0.05) is 5.56 Å². The lowest BCUT2D eigenvalue weighted by molar-refractivity contribution is -0.0436. The smallest absolute Gasteiger partial charge is 0.535 e. The highest BCUT2D eigenvalue weighted by Gasteiger charge is 2.37. The molecule has 0 bridgehead atoms. The summed E-state index contributed by atoms with van der Waals surface area (Å²) in [6, 6.07) is 5.08. The number of para-hydroxylation sites is 1. The summed E-state index contributed by atoms with van der Waals surface area (Å²) in [5.41, 5.74) is 1.06. The molecule has 1 aromatic rings. The molecule has 0 fully saturated rings. The van der Waals surface area contributed by atoms with Gasteiger partial charge in [0.2, 0.25) is 0 Å². The van der Waals surface area contributed by atoms with Gasteiger partial charge in [0.1, 0.15) is 5.75 Å². The molecular formula is C11H14BNO4S. The van der Waals surface area contributed by atoms with Crippen molar-refractivity contribution in [2.75, 3.05) is 0 Å². The van der Waals surface area contributed by atoms with E-state index in [0.29, 0.717) is 17.2 Å². The maximum Gasteiger partial charge on any atom is 0.537 e. The van der Waals surface area contributed by atoms with E-state index in [-0.39, 0.29) is 10.7 Å². The van der Waals surface area contributed by atoms with Crippen molar-refractivity contribution in [3.8, 4) is 5.75 Å². The third-order valence-electron chi connectivity index (χ3n) is 2.71. The van der Waals surface area contributed by atoms with Gasteiger partial charge >= 0.3 is 7.12 Å². The van der Waals surface area contributed by atoms with Crippen molar-refractivity contribution in [3.63, 3.8) is 0 Å². The molecule has 1 heterocycles. The van der Waals surface area contributed by atoms with Gasteiger partial charge in [-0.05, 0) is 18.9 Å². The molecule has 1 unspecified atom stereocenters. The van der Waals surface area contributed by atoms with Gasteiger partial charge in [0.25, 0.3) is 0 Å². The topological polar surface area (TPSA) is 93.8 Å². The molecule has 1 atom stereocenters. The molecule has 4 N–H and O–H groups in total. The van der Waals surface area contributed by atoms with Crippen molar-refractivity contribution in [2.24, 2.45) is 0 Å². The van der Waals surface area contributed by atoms with Crippen molar-refractivity contribution < 1.29 is 19.9 Å². The van der Waals surface area contributed by atoms with Crippen LogP contribution in [0, 0.1) is 5.41 Å². The van der Waals surface area contributed by atoms with Crippen LogP contribution in [0.1, 0.15) is 24.3 Å². The third-order valence-corrected chi connectivity index (χ3v) is 3.77. The van der Waals surface area contributed by atoms with Crippen LogP contribution in [0.15, 0.2) is 18.2 Å². The molecule has 0 saturated carbocycles. The van der Waals surface area contributed by atoms with Crippen LogP contribution >= 0.6 is 11.8 Å². The van der Waals surface area contributed by atoms with E-state index in [1.165, 1.54) is 11.8 Å². The Morgan fingerprint density at radius 1 is 1.56 bits per heavy atom. The van der Waals surface area contributed by atoms with Crippen LogP contribution in [0.5, 0.6) is 5.75 Å². The van der Waals surface area contributed by atoms with E-state index in [2.05, 4.69) is 0 Å². The van der Waals surface area contributed by atoms with E-state index in [0.717, 1.165) is 5.56 Å². The minimum absolute atomic E-state index is 0.249. The minimum atomic E-state index is -1.62. The van der Waals surface area contributed by atoms with E-state index >= 15 is 0 Å². The van der Waals surface area contributed by atoms with E-state index in [9.17, 15) is 15.2 Å². The Hall–Kier alpha value is -1.02. The number of hydrogen-bond donors (Lipinski definition) is 4. The zero-order valence-corrected chi connectivity index (χ0v) is 10.6. The molecular weight excluding hydrogens is 253 g/mol. The van der Waals surface area contributed by atoms with Crippen LogP contribution in [0.25, 0.3) is 0 Å². The normalized spacial score (nSPS) is 18.5. The lowest BCUT2D eigenvalue weighted by Gasteiger charge is -2.28. The Morgan fingerprint density at radius 3 is 2.89 bits per heavy atom. The highest BCUT2D eigenvalue weighted by Crippen LogP contribution is 2.36.